The molecule has 7 rings (SSSR count). The van der Waals surface area contributed by atoms with E-state index < -0.39 is 27.6 Å². The van der Waals surface area contributed by atoms with Gasteiger partial charge in [0.05, 0.1) is 17.1 Å². The molecule has 0 bridgehead atoms. The van der Waals surface area contributed by atoms with Crippen LogP contribution < -0.4 is 5.32 Å². The summed E-state index contributed by atoms with van der Waals surface area (Å²) in [5, 5.41) is 21.4. The summed E-state index contributed by atoms with van der Waals surface area (Å²) in [7, 11) is -2.84. The van der Waals surface area contributed by atoms with Crippen LogP contribution in [0.3, 0.4) is 0 Å². The van der Waals surface area contributed by atoms with Gasteiger partial charge in [0.15, 0.2) is 9.84 Å². The molecule has 1 aliphatic heterocycles. The first kappa shape index (κ1) is 46.4. The Bertz CT molecular complexity index is 1650. The van der Waals surface area contributed by atoms with Gasteiger partial charge in [0.1, 0.15) is 5.82 Å². The zero-order chi connectivity index (χ0) is 41.7. The molecule has 1 aromatic rings. The van der Waals surface area contributed by atoms with Gasteiger partial charge < -0.3 is 20.4 Å². The summed E-state index contributed by atoms with van der Waals surface area (Å²) in [6.45, 7) is 23.0. The van der Waals surface area contributed by atoms with E-state index in [1.54, 1.807) is 0 Å². The van der Waals surface area contributed by atoms with Crippen LogP contribution in [0.2, 0.25) is 0 Å². The van der Waals surface area contributed by atoms with Crippen molar-refractivity contribution in [1.82, 2.24) is 10.2 Å². The van der Waals surface area contributed by atoms with E-state index >= 15 is 0 Å². The molecule has 10 heteroatoms. The summed E-state index contributed by atoms with van der Waals surface area (Å²) in [5.41, 5.74) is 2.39. The van der Waals surface area contributed by atoms with Crippen LogP contribution in [0.5, 0.6) is 0 Å². The first-order valence-corrected chi connectivity index (χ1v) is 23.9. The number of carboxylic acid groups (broad SMARTS) is 2. The minimum Gasteiger partial charge on any atom is -0.481 e. The molecule has 8 nitrogen and oxygen atoms in total. The quantitative estimate of drug-likeness (QED) is 0.237. The van der Waals surface area contributed by atoms with Gasteiger partial charge in [0.2, 0.25) is 0 Å². The lowest BCUT2D eigenvalue weighted by Gasteiger charge is -2.68. The predicted octanol–water partition coefficient (Wildman–Crippen LogP) is 9.98. The van der Waals surface area contributed by atoms with Gasteiger partial charge in [-0.1, -0.05) is 80.9 Å². The highest BCUT2D eigenvalue weighted by Gasteiger charge is 2.65. The van der Waals surface area contributed by atoms with Crippen molar-refractivity contribution in [3.63, 3.8) is 0 Å². The van der Waals surface area contributed by atoms with Crippen LogP contribution in [0, 0.1) is 51.7 Å². The number of aromatic carboxylic acids is 1. The number of sulfone groups is 1. The molecule has 5 aliphatic carbocycles. The van der Waals surface area contributed by atoms with E-state index in [1.165, 1.54) is 75.5 Å². The Morgan fingerprint density at radius 3 is 2.14 bits per heavy atom. The fourth-order valence-corrected chi connectivity index (χ4v) is 14.4. The molecule has 6 aliphatic rings. The molecule has 1 heterocycles. The van der Waals surface area contributed by atoms with Gasteiger partial charge in [-0.2, -0.15) is 0 Å². The molecule has 0 aromatic heterocycles. The number of hydrogen-bond donors (Lipinski definition) is 3. The zero-order valence-corrected chi connectivity index (χ0v) is 37.0. The first-order valence-electron chi connectivity index (χ1n) is 22.1. The molecule has 318 valence electrons. The molecular weight excluding hydrogens is 728 g/mol. The minimum atomic E-state index is -2.84. The lowest BCUT2D eigenvalue weighted by atomic mass is 9.37. The number of halogens is 1. The predicted molar refractivity (Wildman–Crippen MR) is 226 cm³/mol. The Kier molecular flexibility index (Phi) is 15.5. The number of carbonyl (C=O) groups is 2. The second-order valence-corrected chi connectivity index (χ2v) is 20.6. The molecule has 0 radical (unpaired) electrons. The highest BCUT2D eigenvalue weighted by Crippen LogP contribution is 2.72. The van der Waals surface area contributed by atoms with Crippen LogP contribution in [0.25, 0.3) is 5.57 Å². The first-order chi connectivity index (χ1) is 26.5. The number of allylic oxidation sites excluding steroid dienone is 2. The van der Waals surface area contributed by atoms with Crippen LogP contribution in [-0.4, -0.2) is 78.7 Å². The van der Waals surface area contributed by atoms with Crippen LogP contribution in [0.1, 0.15) is 155 Å². The molecule has 5 fully saturated rings. The SMILES string of the molecule is CC.CC.CC1(C)C(c2ccc(C(=O)O)c(F)c2)=CC[C@@]2(C)C1CC[C@@]1(C)C3CC[C@@]4(NCCN5CCS(=O)(=O)CC5)CCC[C@@H]4[C@H]3CCC12.CCCC(=O)O. The van der Waals surface area contributed by atoms with Crippen molar-refractivity contribution in [3.8, 4) is 0 Å². The fourth-order valence-electron chi connectivity index (χ4n) is 13.1. The third-order valence-electron chi connectivity index (χ3n) is 15.4. The number of nitrogens with one attached hydrogen (secondary N) is 1. The number of fused-ring (bicyclic) bond motifs is 7. The van der Waals surface area contributed by atoms with E-state index in [-0.39, 0.29) is 21.9 Å². The average molecular weight is 803 g/mol. The Labute approximate surface area is 338 Å². The second-order valence-electron chi connectivity index (χ2n) is 18.3. The average Bonchev–Trinajstić information content (AvgIpc) is 3.58. The summed E-state index contributed by atoms with van der Waals surface area (Å²) < 4.78 is 38.6. The van der Waals surface area contributed by atoms with E-state index in [4.69, 9.17) is 5.11 Å². The summed E-state index contributed by atoms with van der Waals surface area (Å²) >= 11 is 0. The van der Waals surface area contributed by atoms with Crippen LogP contribution in [0.15, 0.2) is 24.3 Å². The van der Waals surface area contributed by atoms with Gasteiger partial charge >= 0.3 is 11.9 Å². The van der Waals surface area contributed by atoms with Gasteiger partial charge in [-0.25, -0.2) is 17.6 Å². The second kappa shape index (κ2) is 18.7. The van der Waals surface area contributed by atoms with Gasteiger partial charge in [-0.05, 0) is 133 Å². The lowest BCUT2D eigenvalue weighted by molar-refractivity contribution is -0.172. The number of carboxylic acids is 2. The maximum atomic E-state index is 14.8. The standard InChI is InChI=1S/C38H55FN2O4S.C4H8O2.2C2H6/c1-35(2)28(25-7-8-27(34(42)43)31(39)24-25)11-15-37(4)32(35)13-16-36(3)29-12-17-38(14-5-6-30(38)26(29)9-10-33(36)37)40-18-19-41-20-22-46(44,45)23-21-41;1-2-3-4(5)6;2*1-2/h7-8,11,24,26,29-30,32-33,40H,5-6,9-10,12-23H2,1-4H3,(H,42,43);2-3H2,1H3,(H,5,6);2*1-2H3/t26-,29?,30+,32?,33?,36-,37-,38-;;;/m0.../s1. The highest BCUT2D eigenvalue weighted by molar-refractivity contribution is 7.91. The molecule has 1 saturated heterocycles. The zero-order valence-electron chi connectivity index (χ0n) is 36.2. The van der Waals surface area contributed by atoms with E-state index in [0.717, 1.165) is 49.2 Å². The fraction of sp³-hybridized carbons (Fsp3) is 0.783. The Morgan fingerprint density at radius 2 is 1.55 bits per heavy atom. The number of aliphatic carboxylic acids is 1. The van der Waals surface area contributed by atoms with E-state index in [0.29, 0.717) is 48.3 Å². The van der Waals surface area contributed by atoms with Crippen LogP contribution in [-0.2, 0) is 14.6 Å². The molecular formula is C46H75FN2O6S. The van der Waals surface area contributed by atoms with E-state index in [2.05, 4.69) is 44.0 Å². The minimum absolute atomic E-state index is 0.127. The summed E-state index contributed by atoms with van der Waals surface area (Å²) in [6.07, 6.45) is 16.0. The smallest absolute Gasteiger partial charge is 0.338 e. The Balaban J connectivity index is 0.000000630. The van der Waals surface area contributed by atoms with Crippen molar-refractivity contribution >= 4 is 27.3 Å². The van der Waals surface area contributed by atoms with Crippen LogP contribution >= 0.6 is 0 Å². The van der Waals surface area contributed by atoms with Crippen molar-refractivity contribution in [2.75, 3.05) is 37.7 Å². The maximum Gasteiger partial charge on any atom is 0.338 e. The monoisotopic (exact) mass is 803 g/mol. The summed E-state index contributed by atoms with van der Waals surface area (Å²) in [4.78, 5) is 23.4. The number of rotatable bonds is 8. The van der Waals surface area contributed by atoms with Gasteiger partial charge in [0.25, 0.3) is 0 Å². The van der Waals surface area contributed by atoms with E-state index in [1.807, 2.05) is 40.7 Å². The Morgan fingerprint density at radius 1 is 0.875 bits per heavy atom. The lowest BCUT2D eigenvalue weighted by Crippen LogP contribution is -2.63. The Hall–Kier alpha value is -2.30. The largest absolute Gasteiger partial charge is 0.481 e. The van der Waals surface area contributed by atoms with Crippen molar-refractivity contribution in [1.29, 1.82) is 0 Å². The highest BCUT2D eigenvalue weighted by atomic mass is 32.2. The molecule has 56 heavy (non-hydrogen) atoms. The molecule has 4 saturated carbocycles. The van der Waals surface area contributed by atoms with E-state index in [9.17, 15) is 27.5 Å². The van der Waals surface area contributed by atoms with Crippen LogP contribution in [0.4, 0.5) is 4.39 Å². The van der Waals surface area contributed by atoms with Gasteiger partial charge in [-0.15, -0.1) is 0 Å². The van der Waals surface area contributed by atoms with Crippen molar-refractivity contribution < 1.29 is 32.6 Å². The van der Waals surface area contributed by atoms with Gasteiger partial charge in [0, 0.05) is 38.1 Å². The van der Waals surface area contributed by atoms with Crippen molar-refractivity contribution in [2.45, 2.75) is 145 Å². The molecule has 1 aromatic carbocycles. The van der Waals surface area contributed by atoms with Crippen molar-refractivity contribution in [2.24, 2.45) is 45.8 Å². The molecule has 8 atom stereocenters. The number of hydrogen-bond acceptors (Lipinski definition) is 6. The van der Waals surface area contributed by atoms with Gasteiger partial charge in [-0.3, -0.25) is 4.79 Å². The topological polar surface area (TPSA) is 124 Å². The normalized spacial score (nSPS) is 35.1. The third kappa shape index (κ3) is 9.12. The number of nitrogens with zero attached hydrogens (tertiary/aromatic N) is 1. The number of benzene rings is 1. The van der Waals surface area contributed by atoms with Crippen molar-refractivity contribution in [3.05, 3.63) is 41.2 Å². The molecule has 0 amide bonds. The maximum absolute atomic E-state index is 14.8. The molecule has 3 N–H and O–H groups in total. The summed E-state index contributed by atoms with van der Waals surface area (Å²) in [6, 6.07) is 4.68. The molecule has 0 spiro atoms. The third-order valence-corrected chi connectivity index (χ3v) is 17.0. The molecule has 3 unspecified atom stereocenters. The summed E-state index contributed by atoms with van der Waals surface area (Å²) in [5.74, 6) is 1.48.